The number of nitrogens with zero attached hydrogens (tertiary/aromatic N) is 2. The number of pyridine rings is 1. The van der Waals surface area contributed by atoms with Crippen LogP contribution in [0.2, 0.25) is 0 Å². The zero-order valence-electron chi connectivity index (χ0n) is 18.3. The quantitative estimate of drug-likeness (QED) is 0.501. The Hall–Kier alpha value is -2.90. The summed E-state index contributed by atoms with van der Waals surface area (Å²) in [5.74, 6) is 2.47. The molecule has 4 rings (SSSR count). The molecule has 1 saturated heterocycles. The van der Waals surface area contributed by atoms with Crippen LogP contribution in [0.15, 0.2) is 66.2 Å². The van der Waals surface area contributed by atoms with Crippen LogP contribution in [0.1, 0.15) is 30.7 Å². The van der Waals surface area contributed by atoms with Gasteiger partial charge < -0.3 is 14.8 Å². The van der Waals surface area contributed by atoms with E-state index in [-0.39, 0.29) is 18.6 Å². The first-order valence-electron chi connectivity index (χ1n) is 11.0. The van der Waals surface area contributed by atoms with Gasteiger partial charge in [0, 0.05) is 23.7 Å². The van der Waals surface area contributed by atoms with Crippen LogP contribution in [0.3, 0.4) is 0 Å². The molecule has 1 aliphatic rings. The third kappa shape index (κ3) is 6.31. The number of nitrogens with one attached hydrogen (secondary N) is 1. The number of carbonyl (C=O) groups is 1. The SMILES string of the molecule is CC1CCN([C@@H](CNC(=O)COc2ccc(Oc3ccccn3)cc2)c2cccs2)CC1. The molecule has 1 aromatic carbocycles. The summed E-state index contributed by atoms with van der Waals surface area (Å²) >= 11 is 1.75. The maximum Gasteiger partial charge on any atom is 0.258 e. The highest BCUT2D eigenvalue weighted by molar-refractivity contribution is 7.10. The van der Waals surface area contributed by atoms with E-state index in [2.05, 4.69) is 39.6 Å². The lowest BCUT2D eigenvalue weighted by atomic mass is 9.97. The Labute approximate surface area is 193 Å². The number of piperidine rings is 1. The summed E-state index contributed by atoms with van der Waals surface area (Å²) in [6.07, 6.45) is 4.10. The van der Waals surface area contributed by atoms with Gasteiger partial charge in [0.15, 0.2) is 6.61 Å². The van der Waals surface area contributed by atoms with E-state index in [0.717, 1.165) is 19.0 Å². The highest BCUT2D eigenvalue weighted by atomic mass is 32.1. The fourth-order valence-corrected chi connectivity index (χ4v) is 4.63. The molecule has 0 bridgehead atoms. The normalized spacial score (nSPS) is 15.8. The smallest absolute Gasteiger partial charge is 0.258 e. The van der Waals surface area contributed by atoms with Crippen LogP contribution in [0.4, 0.5) is 0 Å². The molecule has 0 radical (unpaired) electrons. The zero-order chi connectivity index (χ0) is 22.2. The molecular weight excluding hydrogens is 422 g/mol. The van der Waals surface area contributed by atoms with E-state index in [9.17, 15) is 4.79 Å². The van der Waals surface area contributed by atoms with E-state index in [1.165, 1.54) is 17.7 Å². The number of amides is 1. The third-order valence-electron chi connectivity index (χ3n) is 5.68. The van der Waals surface area contributed by atoms with Gasteiger partial charge in [0.05, 0.1) is 6.04 Å². The first kappa shape index (κ1) is 22.3. The van der Waals surface area contributed by atoms with Gasteiger partial charge in [-0.3, -0.25) is 9.69 Å². The minimum atomic E-state index is -0.120. The Morgan fingerprint density at radius 2 is 1.91 bits per heavy atom. The molecule has 3 aromatic rings. The molecule has 32 heavy (non-hydrogen) atoms. The van der Waals surface area contributed by atoms with Gasteiger partial charge >= 0.3 is 0 Å². The summed E-state index contributed by atoms with van der Waals surface area (Å²) in [6.45, 7) is 5.03. The van der Waals surface area contributed by atoms with E-state index in [4.69, 9.17) is 9.47 Å². The van der Waals surface area contributed by atoms with E-state index in [1.54, 1.807) is 47.9 Å². The molecule has 1 atom stereocenters. The Morgan fingerprint density at radius 1 is 1.12 bits per heavy atom. The molecule has 0 spiro atoms. The highest BCUT2D eigenvalue weighted by Gasteiger charge is 2.25. The van der Waals surface area contributed by atoms with Gasteiger partial charge in [-0.25, -0.2) is 4.98 Å². The fourth-order valence-electron chi connectivity index (χ4n) is 3.77. The van der Waals surface area contributed by atoms with Crippen molar-refractivity contribution in [3.05, 3.63) is 71.1 Å². The minimum Gasteiger partial charge on any atom is -0.484 e. The number of benzene rings is 1. The molecule has 1 amide bonds. The minimum absolute atomic E-state index is 0.0192. The van der Waals surface area contributed by atoms with Crippen LogP contribution >= 0.6 is 11.3 Å². The maximum atomic E-state index is 12.4. The molecule has 168 valence electrons. The van der Waals surface area contributed by atoms with E-state index >= 15 is 0 Å². The summed E-state index contributed by atoms with van der Waals surface area (Å²) in [5.41, 5.74) is 0. The Bertz CT molecular complexity index is 956. The predicted molar refractivity (Wildman–Crippen MR) is 126 cm³/mol. The molecule has 6 nitrogen and oxygen atoms in total. The third-order valence-corrected chi connectivity index (χ3v) is 6.65. The number of likely N-dealkylation sites (tertiary alicyclic amines) is 1. The van der Waals surface area contributed by atoms with Gasteiger partial charge in [0.2, 0.25) is 5.88 Å². The van der Waals surface area contributed by atoms with Crippen molar-refractivity contribution in [2.45, 2.75) is 25.8 Å². The summed E-state index contributed by atoms with van der Waals surface area (Å²) in [6, 6.07) is 17.1. The second-order valence-corrected chi connectivity index (χ2v) is 9.06. The molecule has 0 saturated carbocycles. The fraction of sp³-hybridized carbons (Fsp3) is 0.360. The first-order valence-corrected chi connectivity index (χ1v) is 11.9. The summed E-state index contributed by atoms with van der Waals surface area (Å²) < 4.78 is 11.3. The largest absolute Gasteiger partial charge is 0.484 e. The highest BCUT2D eigenvalue weighted by Crippen LogP contribution is 2.29. The summed E-state index contributed by atoms with van der Waals surface area (Å²) in [4.78, 5) is 20.4. The van der Waals surface area contributed by atoms with Crippen LogP contribution < -0.4 is 14.8 Å². The van der Waals surface area contributed by atoms with Crippen LogP contribution in [0.5, 0.6) is 17.4 Å². The van der Waals surface area contributed by atoms with E-state index in [0.29, 0.717) is 23.9 Å². The van der Waals surface area contributed by atoms with Crippen molar-refractivity contribution in [1.29, 1.82) is 0 Å². The molecule has 1 aliphatic heterocycles. The second kappa shape index (κ2) is 11.1. The monoisotopic (exact) mass is 451 g/mol. The number of carbonyl (C=O) groups excluding carboxylic acids is 1. The number of ether oxygens (including phenoxy) is 2. The zero-order valence-corrected chi connectivity index (χ0v) is 19.1. The topological polar surface area (TPSA) is 63.7 Å². The molecular formula is C25H29N3O3S. The predicted octanol–water partition coefficient (Wildman–Crippen LogP) is 4.90. The number of thiophene rings is 1. The molecule has 2 aromatic heterocycles. The van der Waals surface area contributed by atoms with Crippen LogP contribution in [-0.4, -0.2) is 42.0 Å². The van der Waals surface area contributed by atoms with Gasteiger partial charge in [-0.05, 0) is 73.6 Å². The standard InChI is InChI=1S/C25H29N3O3S/c1-19-11-14-28(15-12-19)22(23-5-4-16-32-23)17-27-24(29)18-30-20-7-9-21(10-8-20)31-25-6-2-3-13-26-25/h2-10,13,16,19,22H,11-12,14-15,17-18H2,1H3,(H,27,29)/t22-/m0/s1. The van der Waals surface area contributed by atoms with Gasteiger partial charge in [-0.1, -0.05) is 19.1 Å². The number of hydrogen-bond acceptors (Lipinski definition) is 6. The van der Waals surface area contributed by atoms with Crippen molar-refractivity contribution in [3.8, 4) is 17.4 Å². The molecule has 3 heterocycles. The van der Waals surface area contributed by atoms with Gasteiger partial charge in [0.1, 0.15) is 11.5 Å². The van der Waals surface area contributed by atoms with Crippen molar-refractivity contribution in [1.82, 2.24) is 15.2 Å². The molecule has 0 aliphatic carbocycles. The van der Waals surface area contributed by atoms with Crippen molar-refractivity contribution in [2.75, 3.05) is 26.2 Å². The average Bonchev–Trinajstić information content (AvgIpc) is 3.35. The Kier molecular flexibility index (Phi) is 7.74. The van der Waals surface area contributed by atoms with Gasteiger partial charge in [-0.2, -0.15) is 0 Å². The molecule has 1 fully saturated rings. The average molecular weight is 452 g/mol. The Balaban J connectivity index is 1.25. The lowest BCUT2D eigenvalue weighted by Gasteiger charge is -2.36. The van der Waals surface area contributed by atoms with Crippen molar-refractivity contribution in [2.24, 2.45) is 5.92 Å². The van der Waals surface area contributed by atoms with Crippen molar-refractivity contribution < 1.29 is 14.3 Å². The lowest BCUT2D eigenvalue weighted by molar-refractivity contribution is -0.123. The van der Waals surface area contributed by atoms with E-state index in [1.807, 2.05) is 12.1 Å². The van der Waals surface area contributed by atoms with E-state index < -0.39 is 0 Å². The molecule has 1 N–H and O–H groups in total. The second-order valence-electron chi connectivity index (χ2n) is 8.08. The molecule has 0 unspecified atom stereocenters. The van der Waals surface area contributed by atoms with Crippen LogP contribution in [0.25, 0.3) is 0 Å². The first-order chi connectivity index (χ1) is 15.7. The number of aromatic nitrogens is 1. The van der Waals surface area contributed by atoms with Gasteiger partial charge in [0.25, 0.3) is 5.91 Å². The van der Waals surface area contributed by atoms with Gasteiger partial charge in [-0.15, -0.1) is 11.3 Å². The molecule has 7 heteroatoms. The lowest BCUT2D eigenvalue weighted by Crippen LogP contribution is -2.42. The van der Waals surface area contributed by atoms with Crippen molar-refractivity contribution >= 4 is 17.2 Å². The van der Waals surface area contributed by atoms with Crippen LogP contribution in [0, 0.1) is 5.92 Å². The Morgan fingerprint density at radius 3 is 2.59 bits per heavy atom. The summed E-state index contributed by atoms with van der Waals surface area (Å²) in [5, 5.41) is 5.16. The van der Waals surface area contributed by atoms with Crippen LogP contribution in [-0.2, 0) is 4.79 Å². The maximum absolute atomic E-state index is 12.4. The number of hydrogen-bond donors (Lipinski definition) is 1. The number of rotatable bonds is 9. The van der Waals surface area contributed by atoms with Crippen molar-refractivity contribution in [3.63, 3.8) is 0 Å². The summed E-state index contributed by atoms with van der Waals surface area (Å²) in [7, 11) is 0.